The number of aliphatic hydroxyl groups excluding tert-OH is 1. The van der Waals surface area contributed by atoms with Gasteiger partial charge in [0.1, 0.15) is 5.82 Å². The van der Waals surface area contributed by atoms with Crippen molar-refractivity contribution in [1.82, 2.24) is 20.1 Å². The minimum atomic E-state index is -0.298. The van der Waals surface area contributed by atoms with Crippen molar-refractivity contribution in [2.24, 2.45) is 0 Å². The number of nitrogens with one attached hydrogen (secondary N) is 1. The van der Waals surface area contributed by atoms with Crippen molar-refractivity contribution in [3.8, 4) is 0 Å². The average molecular weight is 335 g/mol. The summed E-state index contributed by atoms with van der Waals surface area (Å²) in [6, 6.07) is 7.89. The Hall–Kier alpha value is -1.43. The van der Waals surface area contributed by atoms with Crippen LogP contribution in [0.3, 0.4) is 0 Å². The van der Waals surface area contributed by atoms with Crippen molar-refractivity contribution >= 4 is 11.6 Å². The molecule has 124 valence electrons. The van der Waals surface area contributed by atoms with Crippen LogP contribution in [0.25, 0.3) is 0 Å². The maximum absolute atomic E-state index is 9.77. The van der Waals surface area contributed by atoms with Gasteiger partial charge in [-0.15, -0.1) is 0 Å². The van der Waals surface area contributed by atoms with Gasteiger partial charge in [-0.25, -0.2) is 9.67 Å². The number of halogens is 1. The highest BCUT2D eigenvalue weighted by Gasteiger charge is 2.28. The first-order valence-corrected chi connectivity index (χ1v) is 8.63. The molecular formula is C17H23ClN4O. The van der Waals surface area contributed by atoms with Crippen LogP contribution in [0.4, 0.5) is 0 Å². The molecule has 0 saturated carbocycles. The van der Waals surface area contributed by atoms with E-state index in [1.54, 1.807) is 0 Å². The summed E-state index contributed by atoms with van der Waals surface area (Å²) in [5.74, 6) is 1.74. The number of benzene rings is 1. The van der Waals surface area contributed by atoms with Gasteiger partial charge in [0.25, 0.3) is 0 Å². The van der Waals surface area contributed by atoms with E-state index in [-0.39, 0.29) is 12.1 Å². The number of aliphatic hydroxyl groups is 1. The van der Waals surface area contributed by atoms with E-state index in [1.165, 1.54) is 0 Å². The van der Waals surface area contributed by atoms with Gasteiger partial charge in [-0.2, -0.15) is 5.10 Å². The van der Waals surface area contributed by atoms with E-state index in [2.05, 4.69) is 17.3 Å². The van der Waals surface area contributed by atoms with Crippen LogP contribution in [0.15, 0.2) is 24.3 Å². The van der Waals surface area contributed by atoms with Crippen molar-refractivity contribution < 1.29 is 5.11 Å². The molecule has 0 amide bonds. The Morgan fingerprint density at radius 2 is 2.30 bits per heavy atom. The van der Waals surface area contributed by atoms with E-state index in [0.29, 0.717) is 19.4 Å². The Morgan fingerprint density at radius 3 is 3.00 bits per heavy atom. The molecule has 0 spiro atoms. The van der Waals surface area contributed by atoms with Gasteiger partial charge >= 0.3 is 0 Å². The van der Waals surface area contributed by atoms with Gasteiger partial charge in [0.05, 0.1) is 12.1 Å². The van der Waals surface area contributed by atoms with Gasteiger partial charge in [-0.1, -0.05) is 37.1 Å². The fourth-order valence-corrected chi connectivity index (χ4v) is 3.16. The molecule has 0 unspecified atom stereocenters. The molecule has 1 saturated heterocycles. The quantitative estimate of drug-likeness (QED) is 0.852. The molecule has 5 nitrogen and oxygen atoms in total. The third-order valence-corrected chi connectivity index (χ3v) is 4.37. The number of aromatic nitrogens is 3. The number of nitrogens with zero attached hydrogens (tertiary/aromatic N) is 3. The van der Waals surface area contributed by atoms with Crippen LogP contribution >= 0.6 is 11.6 Å². The van der Waals surface area contributed by atoms with Crippen molar-refractivity contribution in [2.45, 2.75) is 51.3 Å². The first-order chi connectivity index (χ1) is 11.2. The second-order valence-corrected chi connectivity index (χ2v) is 6.56. The lowest BCUT2D eigenvalue weighted by molar-refractivity contribution is 0.192. The van der Waals surface area contributed by atoms with E-state index >= 15 is 0 Å². The molecule has 1 aromatic carbocycles. The van der Waals surface area contributed by atoms with E-state index in [4.69, 9.17) is 16.6 Å². The molecule has 0 radical (unpaired) electrons. The summed E-state index contributed by atoms with van der Waals surface area (Å²) in [5, 5.41) is 18.5. The summed E-state index contributed by atoms with van der Waals surface area (Å²) < 4.78 is 2.00. The molecule has 2 heterocycles. The topological polar surface area (TPSA) is 63.0 Å². The fourth-order valence-electron chi connectivity index (χ4n) is 2.95. The number of rotatable bonds is 6. The zero-order chi connectivity index (χ0) is 16.2. The maximum atomic E-state index is 9.77. The van der Waals surface area contributed by atoms with Crippen LogP contribution in [-0.4, -0.2) is 32.5 Å². The Bertz CT molecular complexity index is 658. The number of hydrogen-bond acceptors (Lipinski definition) is 4. The zero-order valence-electron chi connectivity index (χ0n) is 13.4. The minimum Gasteiger partial charge on any atom is -0.392 e. The number of aryl methyl sites for hydroxylation is 1. The van der Waals surface area contributed by atoms with Crippen LogP contribution in [0.1, 0.15) is 49.4 Å². The summed E-state index contributed by atoms with van der Waals surface area (Å²) >= 11 is 6.05. The smallest absolute Gasteiger partial charge is 0.155 e. The molecule has 2 aromatic rings. The molecule has 1 aromatic heterocycles. The number of β-amino-alcohol motifs (C(OH)–C–C–N with tert-alkyl or cyclic N) is 1. The molecule has 2 N–H and O–H groups in total. The first kappa shape index (κ1) is 16.4. The predicted octanol–water partition coefficient (Wildman–Crippen LogP) is 2.72. The van der Waals surface area contributed by atoms with E-state index in [9.17, 15) is 5.11 Å². The first-order valence-electron chi connectivity index (χ1n) is 8.25. The lowest BCUT2D eigenvalue weighted by Crippen LogP contribution is -2.19. The van der Waals surface area contributed by atoms with Crippen LogP contribution in [-0.2, 0) is 13.0 Å². The highest BCUT2D eigenvalue weighted by Crippen LogP contribution is 2.23. The van der Waals surface area contributed by atoms with Crippen LogP contribution < -0.4 is 5.32 Å². The standard InChI is InChI=1S/C17H23ClN4O/c1-2-3-7-22-17(15-10-14(23)11-19-15)20-16(21-22)9-12-5-4-6-13(18)8-12/h4-6,8,14-15,19,23H,2-3,7,9-11H2,1H3/t14-,15+/m1/s1. The molecule has 1 fully saturated rings. The summed E-state index contributed by atoms with van der Waals surface area (Å²) in [4.78, 5) is 4.74. The Morgan fingerprint density at radius 1 is 1.43 bits per heavy atom. The SMILES string of the molecule is CCCCn1nc(Cc2cccc(Cl)c2)nc1[C@@H]1C[C@@H](O)CN1. The number of unbranched alkanes of at least 4 members (excludes halogenated alkanes) is 1. The van der Waals surface area contributed by atoms with Gasteiger partial charge in [0.2, 0.25) is 0 Å². The van der Waals surface area contributed by atoms with E-state index < -0.39 is 0 Å². The zero-order valence-corrected chi connectivity index (χ0v) is 14.1. The normalized spacial score (nSPS) is 21.0. The summed E-state index contributed by atoms with van der Waals surface area (Å²) in [5.41, 5.74) is 1.11. The van der Waals surface area contributed by atoms with Gasteiger partial charge < -0.3 is 10.4 Å². The van der Waals surface area contributed by atoms with Crippen molar-refractivity contribution in [2.75, 3.05) is 6.54 Å². The molecule has 1 aliphatic heterocycles. The Kier molecular flexibility index (Phi) is 5.30. The third kappa shape index (κ3) is 4.10. The Labute approximate surface area is 141 Å². The van der Waals surface area contributed by atoms with Crippen molar-refractivity contribution in [3.63, 3.8) is 0 Å². The lowest BCUT2D eigenvalue weighted by atomic mass is 10.1. The Balaban J connectivity index is 1.81. The van der Waals surface area contributed by atoms with Crippen LogP contribution in [0.2, 0.25) is 5.02 Å². The summed E-state index contributed by atoms with van der Waals surface area (Å²) in [7, 11) is 0. The third-order valence-electron chi connectivity index (χ3n) is 4.14. The molecular weight excluding hydrogens is 312 g/mol. The average Bonchev–Trinajstić information content (AvgIpc) is 3.11. The van der Waals surface area contributed by atoms with Gasteiger partial charge in [0, 0.05) is 24.5 Å². The van der Waals surface area contributed by atoms with Crippen molar-refractivity contribution in [3.05, 3.63) is 46.5 Å². The minimum absolute atomic E-state index is 0.0856. The van der Waals surface area contributed by atoms with Crippen LogP contribution in [0, 0.1) is 0 Å². The second kappa shape index (κ2) is 7.43. The van der Waals surface area contributed by atoms with E-state index in [0.717, 1.165) is 41.6 Å². The fraction of sp³-hybridized carbons (Fsp3) is 0.529. The molecule has 6 heteroatoms. The summed E-state index contributed by atoms with van der Waals surface area (Å²) in [6.07, 6.45) is 3.25. The molecule has 3 rings (SSSR count). The van der Waals surface area contributed by atoms with E-state index in [1.807, 2.05) is 28.9 Å². The van der Waals surface area contributed by atoms with Crippen LogP contribution in [0.5, 0.6) is 0 Å². The molecule has 0 bridgehead atoms. The van der Waals surface area contributed by atoms with Gasteiger partial charge in [0.15, 0.2) is 5.82 Å². The van der Waals surface area contributed by atoms with Gasteiger partial charge in [-0.05, 0) is 30.5 Å². The molecule has 23 heavy (non-hydrogen) atoms. The molecule has 1 aliphatic rings. The molecule has 0 aliphatic carbocycles. The maximum Gasteiger partial charge on any atom is 0.155 e. The highest BCUT2D eigenvalue weighted by molar-refractivity contribution is 6.30. The lowest BCUT2D eigenvalue weighted by Gasteiger charge is -2.10. The molecule has 2 atom stereocenters. The number of hydrogen-bond donors (Lipinski definition) is 2. The largest absolute Gasteiger partial charge is 0.392 e. The van der Waals surface area contributed by atoms with Crippen molar-refractivity contribution in [1.29, 1.82) is 0 Å². The highest BCUT2D eigenvalue weighted by atomic mass is 35.5. The monoisotopic (exact) mass is 334 g/mol. The second-order valence-electron chi connectivity index (χ2n) is 6.12. The van der Waals surface area contributed by atoms with Gasteiger partial charge in [-0.3, -0.25) is 0 Å². The predicted molar refractivity (Wildman–Crippen MR) is 90.6 cm³/mol. The summed E-state index contributed by atoms with van der Waals surface area (Å²) in [6.45, 7) is 3.65.